The van der Waals surface area contributed by atoms with E-state index < -0.39 is 0 Å². The average molecular weight is 380 g/mol. The molecular weight excluding hydrogens is 354 g/mol. The van der Waals surface area contributed by atoms with Gasteiger partial charge in [-0.15, -0.1) is 0 Å². The van der Waals surface area contributed by atoms with Gasteiger partial charge in [-0.2, -0.15) is 0 Å². The van der Waals surface area contributed by atoms with Crippen LogP contribution in [0.1, 0.15) is 48.1 Å². The Balaban J connectivity index is 1.48. The van der Waals surface area contributed by atoms with E-state index in [2.05, 4.69) is 31.2 Å². The van der Waals surface area contributed by atoms with Crippen LogP contribution in [0, 0.1) is 0 Å². The number of unbranched alkanes of at least 4 members (excludes halogenated alkanes) is 1. The highest BCUT2D eigenvalue weighted by Crippen LogP contribution is 2.51. The Morgan fingerprint density at radius 1 is 0.964 bits per heavy atom. The number of hydrogen-bond donors (Lipinski definition) is 0. The molecule has 0 fully saturated rings. The minimum atomic E-state index is 0.338. The van der Waals surface area contributed by atoms with Gasteiger partial charge in [-0.25, -0.2) is 0 Å². The van der Waals surface area contributed by atoms with Gasteiger partial charge in [0.25, 0.3) is 0 Å². The summed E-state index contributed by atoms with van der Waals surface area (Å²) in [4.78, 5) is 0. The van der Waals surface area contributed by atoms with Crippen molar-refractivity contribution < 1.29 is 23.4 Å². The second-order valence-electron chi connectivity index (χ2n) is 8.49. The van der Waals surface area contributed by atoms with Gasteiger partial charge in [-0.3, -0.25) is 0 Å². The molecule has 4 aliphatic heterocycles. The molecule has 0 saturated carbocycles. The van der Waals surface area contributed by atoms with E-state index in [0.29, 0.717) is 19.6 Å². The maximum atomic E-state index is 5.89. The lowest BCUT2D eigenvalue weighted by Gasteiger charge is -2.51. The third-order valence-electron chi connectivity index (χ3n) is 7.06. The lowest BCUT2D eigenvalue weighted by atomic mass is 9.80. The van der Waals surface area contributed by atoms with Crippen LogP contribution >= 0.6 is 0 Å². The van der Waals surface area contributed by atoms with Crippen LogP contribution in [0.5, 0.6) is 23.0 Å². The molecule has 5 nitrogen and oxygen atoms in total. The third-order valence-corrected chi connectivity index (χ3v) is 7.06. The predicted octanol–water partition coefficient (Wildman–Crippen LogP) is 4.11. The van der Waals surface area contributed by atoms with E-state index in [9.17, 15) is 0 Å². The molecule has 28 heavy (non-hydrogen) atoms. The molecular formula is C23H26NO4+. The van der Waals surface area contributed by atoms with Crippen molar-refractivity contribution in [1.29, 1.82) is 0 Å². The first-order valence-electron chi connectivity index (χ1n) is 10.5. The summed E-state index contributed by atoms with van der Waals surface area (Å²) in [5.74, 6) is 3.71. The number of nitrogens with zero attached hydrogens (tertiary/aromatic N) is 1. The minimum Gasteiger partial charge on any atom is -0.454 e. The van der Waals surface area contributed by atoms with Crippen LogP contribution in [0.4, 0.5) is 0 Å². The second kappa shape index (κ2) is 6.05. The summed E-state index contributed by atoms with van der Waals surface area (Å²) < 4.78 is 24.0. The Bertz CT molecular complexity index is 956. The van der Waals surface area contributed by atoms with Gasteiger partial charge in [0.15, 0.2) is 23.0 Å². The standard InChI is InChI=1S/C23H26NO4/c1-2-3-7-24-8-6-16-10-21-22(27-13-26-21)11-17(16)19(24)9-15-4-5-20-23(18(15)12-24)28-14-25-20/h4-5,10-11,19H,2-3,6-9,12-14H2,1H3/q+1. The number of rotatable bonds is 3. The molecule has 0 aromatic heterocycles. The highest BCUT2D eigenvalue weighted by molar-refractivity contribution is 5.54. The third kappa shape index (κ3) is 2.29. The van der Waals surface area contributed by atoms with Gasteiger partial charge < -0.3 is 23.4 Å². The Kier molecular flexibility index (Phi) is 3.57. The molecule has 2 unspecified atom stereocenters. The Hall–Kier alpha value is -2.40. The molecule has 0 spiro atoms. The molecule has 0 bridgehead atoms. The van der Waals surface area contributed by atoms with Crippen LogP contribution in [0.3, 0.4) is 0 Å². The molecule has 0 radical (unpaired) electrons. The molecule has 6 rings (SSSR count). The van der Waals surface area contributed by atoms with Crippen molar-refractivity contribution in [3.05, 3.63) is 46.5 Å². The van der Waals surface area contributed by atoms with Gasteiger partial charge >= 0.3 is 0 Å². The van der Waals surface area contributed by atoms with Crippen LogP contribution in [0.25, 0.3) is 0 Å². The Morgan fingerprint density at radius 2 is 1.79 bits per heavy atom. The van der Waals surface area contributed by atoms with E-state index in [4.69, 9.17) is 18.9 Å². The average Bonchev–Trinajstić information content (AvgIpc) is 3.38. The van der Waals surface area contributed by atoms with E-state index in [-0.39, 0.29) is 0 Å². The molecule has 2 aromatic rings. The molecule has 5 heteroatoms. The first-order valence-corrected chi connectivity index (χ1v) is 10.5. The molecule has 0 amide bonds. The number of fused-ring (bicyclic) bond motifs is 7. The molecule has 2 atom stereocenters. The van der Waals surface area contributed by atoms with Crippen molar-refractivity contribution in [1.82, 2.24) is 0 Å². The normalized spacial score (nSPS) is 25.8. The summed E-state index contributed by atoms with van der Waals surface area (Å²) in [7, 11) is 0. The number of quaternary nitrogens is 1. The van der Waals surface area contributed by atoms with Crippen LogP contribution in [0.2, 0.25) is 0 Å². The van der Waals surface area contributed by atoms with E-state index in [1.54, 1.807) is 0 Å². The van der Waals surface area contributed by atoms with Gasteiger partial charge in [0.2, 0.25) is 13.6 Å². The molecule has 0 saturated heterocycles. The number of benzene rings is 2. The van der Waals surface area contributed by atoms with E-state index in [1.165, 1.54) is 48.2 Å². The molecule has 4 aliphatic rings. The molecule has 0 aliphatic carbocycles. The molecule has 0 N–H and O–H groups in total. The smallest absolute Gasteiger partial charge is 0.231 e. The SMILES string of the molecule is CCCC[N+]12CCc3cc4c(cc3C1Cc1ccc3c(c1C2)OCO3)OCO4. The first-order chi connectivity index (χ1) is 13.8. The zero-order valence-electron chi connectivity index (χ0n) is 16.3. The lowest BCUT2D eigenvalue weighted by molar-refractivity contribution is -0.973. The fraction of sp³-hybridized carbons (Fsp3) is 0.478. The predicted molar refractivity (Wildman–Crippen MR) is 104 cm³/mol. The molecule has 146 valence electrons. The van der Waals surface area contributed by atoms with E-state index in [1.807, 2.05) is 0 Å². The summed E-state index contributed by atoms with van der Waals surface area (Å²) >= 11 is 0. The Labute approximate surface area is 165 Å². The largest absolute Gasteiger partial charge is 0.454 e. The van der Waals surface area contributed by atoms with Crippen LogP contribution < -0.4 is 18.9 Å². The van der Waals surface area contributed by atoms with Crippen LogP contribution in [-0.4, -0.2) is 31.2 Å². The maximum absolute atomic E-state index is 5.89. The number of ether oxygens (including phenoxy) is 4. The van der Waals surface area contributed by atoms with Gasteiger partial charge in [0, 0.05) is 18.4 Å². The highest BCUT2D eigenvalue weighted by Gasteiger charge is 2.47. The maximum Gasteiger partial charge on any atom is 0.231 e. The highest BCUT2D eigenvalue weighted by atomic mass is 16.7. The quantitative estimate of drug-likeness (QED) is 0.751. The van der Waals surface area contributed by atoms with Gasteiger partial charge in [-0.05, 0) is 35.7 Å². The van der Waals surface area contributed by atoms with Crippen molar-refractivity contribution in [2.75, 3.05) is 26.7 Å². The van der Waals surface area contributed by atoms with Gasteiger partial charge in [0.1, 0.15) is 12.6 Å². The van der Waals surface area contributed by atoms with Crippen molar-refractivity contribution in [3.63, 3.8) is 0 Å². The van der Waals surface area contributed by atoms with Gasteiger partial charge in [-0.1, -0.05) is 19.4 Å². The second-order valence-corrected chi connectivity index (χ2v) is 8.49. The summed E-state index contributed by atoms with van der Waals surface area (Å²) in [5.41, 5.74) is 5.66. The summed E-state index contributed by atoms with van der Waals surface area (Å²) in [6.07, 6.45) is 4.61. The number of hydrogen-bond acceptors (Lipinski definition) is 4. The van der Waals surface area contributed by atoms with Crippen LogP contribution in [0.15, 0.2) is 24.3 Å². The zero-order chi connectivity index (χ0) is 18.7. The van der Waals surface area contributed by atoms with Crippen molar-refractivity contribution in [2.24, 2.45) is 0 Å². The topological polar surface area (TPSA) is 36.9 Å². The van der Waals surface area contributed by atoms with Crippen molar-refractivity contribution in [2.45, 2.75) is 45.2 Å². The van der Waals surface area contributed by atoms with E-state index in [0.717, 1.165) is 46.9 Å². The van der Waals surface area contributed by atoms with Gasteiger partial charge in [0.05, 0.1) is 18.7 Å². The first kappa shape index (κ1) is 16.5. The summed E-state index contributed by atoms with van der Waals surface area (Å²) in [6, 6.07) is 9.28. The summed E-state index contributed by atoms with van der Waals surface area (Å²) in [6.45, 7) is 6.37. The molecule has 4 heterocycles. The monoisotopic (exact) mass is 380 g/mol. The van der Waals surface area contributed by atoms with E-state index >= 15 is 0 Å². The fourth-order valence-corrected chi connectivity index (χ4v) is 5.59. The van der Waals surface area contributed by atoms with Crippen LogP contribution in [-0.2, 0) is 19.4 Å². The zero-order valence-corrected chi connectivity index (χ0v) is 16.3. The lowest BCUT2D eigenvalue weighted by Crippen LogP contribution is -2.56. The van der Waals surface area contributed by atoms with Crippen molar-refractivity contribution in [3.8, 4) is 23.0 Å². The Morgan fingerprint density at radius 3 is 2.68 bits per heavy atom. The fourth-order valence-electron chi connectivity index (χ4n) is 5.59. The van der Waals surface area contributed by atoms with Crippen molar-refractivity contribution >= 4 is 0 Å². The molecule has 2 aromatic carbocycles. The minimum absolute atomic E-state index is 0.338. The summed E-state index contributed by atoms with van der Waals surface area (Å²) in [5, 5.41) is 0.